The van der Waals surface area contributed by atoms with Gasteiger partial charge in [0.2, 0.25) is 5.43 Å². The zero-order valence-corrected chi connectivity index (χ0v) is 14.9. The van der Waals surface area contributed by atoms with Crippen LogP contribution in [0.2, 0.25) is 5.02 Å². The first-order chi connectivity index (χ1) is 13.5. The van der Waals surface area contributed by atoms with E-state index >= 15 is 0 Å². The van der Waals surface area contributed by atoms with Gasteiger partial charge in [0, 0.05) is 11.1 Å². The minimum absolute atomic E-state index is 0.0429. The van der Waals surface area contributed by atoms with E-state index < -0.39 is 17.4 Å². The summed E-state index contributed by atoms with van der Waals surface area (Å²) in [5.41, 5.74) is 2.02. The third-order valence-electron chi connectivity index (χ3n) is 3.57. The third-order valence-corrected chi connectivity index (χ3v) is 3.81. The van der Waals surface area contributed by atoms with Crippen LogP contribution in [-0.4, -0.2) is 23.7 Å². The third kappa shape index (κ3) is 4.33. The summed E-state index contributed by atoms with van der Waals surface area (Å²) in [6.45, 7) is -0.496. The number of carbonyl (C=O) groups is 1. The number of hydrogen-bond acceptors (Lipinski definition) is 7. The molecule has 1 amide bonds. The number of nitrogens with zero attached hydrogens (tertiary/aromatic N) is 2. The van der Waals surface area contributed by atoms with Gasteiger partial charge >= 0.3 is 5.69 Å². The van der Waals surface area contributed by atoms with Crippen molar-refractivity contribution in [3.05, 3.63) is 79.7 Å². The van der Waals surface area contributed by atoms with E-state index in [0.29, 0.717) is 10.6 Å². The van der Waals surface area contributed by atoms with Crippen LogP contribution in [0.1, 0.15) is 5.56 Å². The highest BCUT2D eigenvalue weighted by molar-refractivity contribution is 6.31. The van der Waals surface area contributed by atoms with Crippen LogP contribution in [0.15, 0.2) is 63.0 Å². The summed E-state index contributed by atoms with van der Waals surface area (Å²) in [4.78, 5) is 34.4. The molecular formula is C18H12ClN3O6. The normalized spacial score (nSPS) is 10.9. The van der Waals surface area contributed by atoms with Crippen LogP contribution >= 0.6 is 11.6 Å². The zero-order chi connectivity index (χ0) is 20.1. The maximum Gasteiger partial charge on any atom is 0.310 e. The Morgan fingerprint density at radius 3 is 2.89 bits per heavy atom. The molecule has 0 aliphatic carbocycles. The van der Waals surface area contributed by atoms with Crippen molar-refractivity contribution in [1.29, 1.82) is 0 Å². The molecule has 1 N–H and O–H groups in total. The van der Waals surface area contributed by atoms with Gasteiger partial charge < -0.3 is 9.15 Å². The number of nitrogens with one attached hydrogen (secondary N) is 1. The Hall–Kier alpha value is -3.72. The van der Waals surface area contributed by atoms with Gasteiger partial charge in [-0.2, -0.15) is 5.10 Å². The van der Waals surface area contributed by atoms with Gasteiger partial charge in [-0.25, -0.2) is 5.43 Å². The number of hydrogen-bond donors (Lipinski definition) is 1. The summed E-state index contributed by atoms with van der Waals surface area (Å²) < 4.78 is 10.5. The quantitative estimate of drug-likeness (QED) is 0.384. The average molecular weight is 402 g/mol. The topological polar surface area (TPSA) is 124 Å². The number of amides is 1. The molecule has 0 fully saturated rings. The van der Waals surface area contributed by atoms with Crippen molar-refractivity contribution in [2.45, 2.75) is 0 Å². The summed E-state index contributed by atoms with van der Waals surface area (Å²) in [5, 5.41) is 15.2. The van der Waals surface area contributed by atoms with Crippen LogP contribution in [0.25, 0.3) is 11.0 Å². The maximum atomic E-state index is 12.4. The van der Waals surface area contributed by atoms with Gasteiger partial charge in [0.15, 0.2) is 12.4 Å². The SMILES string of the molecule is O=C(COc1ccccc1[N+](=O)[O-])N/N=C\c1coc2ccc(Cl)cc2c1=O. The van der Waals surface area contributed by atoms with E-state index in [2.05, 4.69) is 10.5 Å². The molecule has 0 unspecified atom stereocenters. The molecule has 142 valence electrons. The Labute approximate surface area is 162 Å². The number of halogens is 1. The van der Waals surface area contributed by atoms with Crippen molar-refractivity contribution < 1.29 is 18.9 Å². The van der Waals surface area contributed by atoms with Gasteiger partial charge in [-0.3, -0.25) is 19.7 Å². The highest BCUT2D eigenvalue weighted by atomic mass is 35.5. The molecule has 0 aliphatic rings. The molecule has 0 aliphatic heterocycles. The summed E-state index contributed by atoms with van der Waals surface area (Å²) in [7, 11) is 0. The Bertz CT molecular complexity index is 1140. The van der Waals surface area contributed by atoms with Crippen LogP contribution in [0.3, 0.4) is 0 Å². The first kappa shape index (κ1) is 19.1. The number of rotatable bonds is 6. The average Bonchev–Trinajstić information content (AvgIpc) is 2.68. The highest BCUT2D eigenvalue weighted by Crippen LogP contribution is 2.25. The van der Waals surface area contributed by atoms with Crippen molar-refractivity contribution in [1.82, 2.24) is 5.43 Å². The number of para-hydroxylation sites is 2. The Morgan fingerprint density at radius 1 is 1.32 bits per heavy atom. The first-order valence-corrected chi connectivity index (χ1v) is 8.22. The molecular weight excluding hydrogens is 390 g/mol. The monoisotopic (exact) mass is 401 g/mol. The fourth-order valence-electron chi connectivity index (χ4n) is 2.29. The number of fused-ring (bicyclic) bond motifs is 1. The van der Waals surface area contributed by atoms with Gasteiger partial charge in [0.1, 0.15) is 11.8 Å². The molecule has 0 radical (unpaired) electrons. The minimum atomic E-state index is -0.664. The fourth-order valence-corrected chi connectivity index (χ4v) is 2.46. The first-order valence-electron chi connectivity index (χ1n) is 7.85. The molecule has 1 aromatic heterocycles. The molecule has 10 heteroatoms. The molecule has 3 rings (SSSR count). The van der Waals surface area contributed by atoms with Crippen LogP contribution in [0.4, 0.5) is 5.69 Å². The Balaban J connectivity index is 1.64. The van der Waals surface area contributed by atoms with Crippen LogP contribution in [0.5, 0.6) is 5.75 Å². The molecule has 28 heavy (non-hydrogen) atoms. The second kappa shape index (κ2) is 8.31. The molecule has 0 saturated heterocycles. The van der Waals surface area contributed by atoms with E-state index in [-0.39, 0.29) is 27.8 Å². The number of hydrazone groups is 1. The summed E-state index contributed by atoms with van der Waals surface area (Å²) in [6, 6.07) is 10.3. The van der Waals surface area contributed by atoms with Crippen molar-refractivity contribution >= 4 is 40.4 Å². The fraction of sp³-hybridized carbons (Fsp3) is 0.0556. The van der Waals surface area contributed by atoms with Crippen molar-refractivity contribution in [3.8, 4) is 5.75 Å². The van der Waals surface area contributed by atoms with E-state index in [4.69, 9.17) is 20.8 Å². The van der Waals surface area contributed by atoms with Crippen molar-refractivity contribution in [2.24, 2.45) is 5.10 Å². The molecule has 0 saturated carbocycles. The number of ether oxygens (including phenoxy) is 1. The summed E-state index contributed by atoms with van der Waals surface area (Å²) in [6.07, 6.45) is 2.33. The van der Waals surface area contributed by atoms with Gasteiger partial charge in [-0.05, 0) is 24.3 Å². The van der Waals surface area contributed by atoms with E-state index in [1.165, 1.54) is 30.5 Å². The number of carbonyl (C=O) groups excluding carboxylic acids is 1. The van der Waals surface area contributed by atoms with Crippen molar-refractivity contribution in [2.75, 3.05) is 6.61 Å². The lowest BCUT2D eigenvalue weighted by Crippen LogP contribution is -2.25. The standard InChI is InChI=1S/C18H12ClN3O6/c19-12-5-6-15-13(7-12)18(24)11(9-27-15)8-20-21-17(23)10-28-16-4-2-1-3-14(16)22(25)26/h1-9H,10H2,(H,21,23)/b20-8-. The number of nitro benzene ring substituents is 1. The lowest BCUT2D eigenvalue weighted by Gasteiger charge is -2.05. The number of nitro groups is 1. The summed E-state index contributed by atoms with van der Waals surface area (Å²) in [5.74, 6) is -0.707. The molecule has 0 spiro atoms. The van der Waals surface area contributed by atoms with E-state index in [9.17, 15) is 19.7 Å². The van der Waals surface area contributed by atoms with E-state index in [1.807, 2.05) is 0 Å². The lowest BCUT2D eigenvalue weighted by molar-refractivity contribution is -0.385. The van der Waals surface area contributed by atoms with Crippen LogP contribution in [-0.2, 0) is 4.79 Å². The Morgan fingerprint density at radius 2 is 2.11 bits per heavy atom. The lowest BCUT2D eigenvalue weighted by atomic mass is 10.2. The Kier molecular flexibility index (Phi) is 5.66. The minimum Gasteiger partial charge on any atom is -0.477 e. The number of benzene rings is 2. The molecule has 9 nitrogen and oxygen atoms in total. The van der Waals surface area contributed by atoms with Crippen LogP contribution in [0, 0.1) is 10.1 Å². The summed E-state index contributed by atoms with van der Waals surface area (Å²) >= 11 is 5.88. The molecule has 0 atom stereocenters. The smallest absolute Gasteiger partial charge is 0.310 e. The largest absolute Gasteiger partial charge is 0.477 e. The van der Waals surface area contributed by atoms with Gasteiger partial charge in [0.25, 0.3) is 5.91 Å². The highest BCUT2D eigenvalue weighted by Gasteiger charge is 2.14. The molecule has 2 aromatic carbocycles. The second-order valence-corrected chi connectivity index (χ2v) is 5.90. The molecule has 3 aromatic rings. The maximum absolute atomic E-state index is 12.4. The van der Waals surface area contributed by atoms with Crippen LogP contribution < -0.4 is 15.6 Å². The van der Waals surface area contributed by atoms with E-state index in [0.717, 1.165) is 6.21 Å². The second-order valence-electron chi connectivity index (χ2n) is 5.47. The van der Waals surface area contributed by atoms with Gasteiger partial charge in [-0.15, -0.1) is 0 Å². The predicted octanol–water partition coefficient (Wildman–Crippen LogP) is 2.88. The predicted molar refractivity (Wildman–Crippen MR) is 102 cm³/mol. The molecule has 1 heterocycles. The zero-order valence-electron chi connectivity index (χ0n) is 14.1. The molecule has 0 bridgehead atoms. The van der Waals surface area contributed by atoms with Crippen molar-refractivity contribution in [3.63, 3.8) is 0 Å². The van der Waals surface area contributed by atoms with Gasteiger partial charge in [-0.1, -0.05) is 23.7 Å². The van der Waals surface area contributed by atoms with Gasteiger partial charge in [0.05, 0.1) is 22.1 Å². The van der Waals surface area contributed by atoms with E-state index in [1.54, 1.807) is 18.2 Å².